The zero-order valence-corrected chi connectivity index (χ0v) is 6.27. The van der Waals surface area contributed by atoms with Crippen molar-refractivity contribution in [2.45, 2.75) is 6.92 Å². The van der Waals surface area contributed by atoms with Gasteiger partial charge in [0, 0.05) is 10.2 Å². The lowest BCUT2D eigenvalue weighted by molar-refractivity contribution is 1.31. The van der Waals surface area contributed by atoms with Crippen molar-refractivity contribution in [1.29, 1.82) is 0 Å². The van der Waals surface area contributed by atoms with Crippen molar-refractivity contribution in [2.75, 3.05) is 0 Å². The van der Waals surface area contributed by atoms with Crippen LogP contribution in [0, 0.1) is 0 Å². The predicted molar refractivity (Wildman–Crippen MR) is 39.1 cm³/mol. The molecule has 0 heterocycles. The minimum Gasteiger partial charge on any atom is -0.405 e. The van der Waals surface area contributed by atoms with Gasteiger partial charge in [0.25, 0.3) is 0 Å². The molecule has 0 saturated carbocycles. The Labute approximate surface area is 57.4 Å². The second kappa shape index (κ2) is 3.55. The number of rotatable bonds is 1. The first-order valence-electron chi connectivity index (χ1n) is 2.18. The summed E-state index contributed by atoms with van der Waals surface area (Å²) < 4.78 is 0.833. The summed E-state index contributed by atoms with van der Waals surface area (Å²) in [7, 11) is 0. The highest BCUT2D eigenvalue weighted by molar-refractivity contribution is 9.11. The topological polar surface area (TPSA) is 52.0 Å². The van der Waals surface area contributed by atoms with Gasteiger partial charge in [-0.15, -0.1) is 0 Å². The summed E-state index contributed by atoms with van der Waals surface area (Å²) in [5.74, 6) is 0. The van der Waals surface area contributed by atoms with Gasteiger partial charge in [-0.25, -0.2) is 0 Å². The molecular formula is C5H9BrN2. The van der Waals surface area contributed by atoms with Crippen molar-refractivity contribution < 1.29 is 0 Å². The van der Waals surface area contributed by atoms with Gasteiger partial charge in [0.2, 0.25) is 0 Å². The van der Waals surface area contributed by atoms with E-state index in [-0.39, 0.29) is 0 Å². The Bertz CT molecular complexity index is 122. The third-order valence-electron chi connectivity index (χ3n) is 0.619. The van der Waals surface area contributed by atoms with E-state index in [1.807, 2.05) is 0 Å². The van der Waals surface area contributed by atoms with E-state index < -0.39 is 0 Å². The van der Waals surface area contributed by atoms with Gasteiger partial charge in [-0.1, -0.05) is 0 Å². The van der Waals surface area contributed by atoms with Crippen LogP contribution in [-0.2, 0) is 0 Å². The molecule has 4 N–H and O–H groups in total. The summed E-state index contributed by atoms with van der Waals surface area (Å²) in [5, 5.41) is 0. The van der Waals surface area contributed by atoms with Gasteiger partial charge in [0.15, 0.2) is 0 Å². The molecule has 0 bridgehead atoms. The highest BCUT2D eigenvalue weighted by atomic mass is 79.9. The van der Waals surface area contributed by atoms with Crippen molar-refractivity contribution >= 4 is 15.9 Å². The predicted octanol–water partition coefficient (Wildman–Crippen LogP) is 1.04. The van der Waals surface area contributed by atoms with E-state index >= 15 is 0 Å². The van der Waals surface area contributed by atoms with Gasteiger partial charge in [0.1, 0.15) is 0 Å². The van der Waals surface area contributed by atoms with Gasteiger partial charge in [-0.05, 0) is 35.1 Å². The monoisotopic (exact) mass is 176 g/mol. The fraction of sp³-hybridized carbons (Fsp3) is 0.200. The maximum Gasteiger partial charge on any atom is 0.0373 e. The molecule has 0 aliphatic carbocycles. The van der Waals surface area contributed by atoms with Crippen LogP contribution in [0.2, 0.25) is 0 Å². The fourth-order valence-corrected chi connectivity index (χ4v) is 0.369. The van der Waals surface area contributed by atoms with Gasteiger partial charge < -0.3 is 11.5 Å². The first-order chi connectivity index (χ1) is 3.68. The number of nitrogens with two attached hydrogens (primary N) is 2. The molecule has 0 radical (unpaired) electrons. The Hall–Kier alpha value is -0.440. The van der Waals surface area contributed by atoms with Gasteiger partial charge in [-0.3, -0.25) is 0 Å². The van der Waals surface area contributed by atoms with E-state index in [2.05, 4.69) is 15.9 Å². The van der Waals surface area contributed by atoms with Crippen LogP contribution in [0.1, 0.15) is 6.92 Å². The molecule has 0 unspecified atom stereocenters. The number of hydrogen-bond donors (Lipinski definition) is 2. The number of allylic oxidation sites excluding steroid dienone is 3. The van der Waals surface area contributed by atoms with E-state index in [9.17, 15) is 0 Å². The minimum absolute atomic E-state index is 0.728. The largest absolute Gasteiger partial charge is 0.405 e. The van der Waals surface area contributed by atoms with Crippen LogP contribution in [0.4, 0.5) is 0 Å². The van der Waals surface area contributed by atoms with Crippen molar-refractivity contribution in [1.82, 2.24) is 0 Å². The van der Waals surface area contributed by atoms with E-state index in [1.54, 1.807) is 13.0 Å². The lowest BCUT2D eigenvalue weighted by Crippen LogP contribution is -1.92. The summed E-state index contributed by atoms with van der Waals surface area (Å²) in [6, 6.07) is 0. The normalized spacial score (nSPS) is 14.2. The Morgan fingerprint density at radius 3 is 2.25 bits per heavy atom. The zero-order chi connectivity index (χ0) is 6.57. The lowest BCUT2D eigenvalue weighted by Gasteiger charge is -1.89. The Morgan fingerprint density at radius 1 is 1.62 bits per heavy atom. The molecule has 0 rings (SSSR count). The Kier molecular flexibility index (Phi) is 3.35. The SMILES string of the molecule is C/C(N)=C(Br)/C=C\N. The first-order valence-corrected chi connectivity index (χ1v) is 2.98. The molecule has 0 atom stereocenters. The standard InChI is InChI=1S/C5H9BrN2/c1-4(8)5(6)2-3-7/h2-3H,7-8H2,1H3/b3-2-,5-4+. The molecule has 0 aromatic rings. The molecular weight excluding hydrogens is 168 g/mol. The molecule has 0 fully saturated rings. The second-order valence-corrected chi connectivity index (χ2v) is 2.24. The number of halogens is 1. The average molecular weight is 177 g/mol. The molecule has 0 aliphatic heterocycles. The summed E-state index contributed by atoms with van der Waals surface area (Å²) in [5.41, 5.74) is 11.1. The van der Waals surface area contributed by atoms with E-state index in [0.717, 1.165) is 10.2 Å². The summed E-state index contributed by atoms with van der Waals surface area (Å²) in [6.45, 7) is 1.80. The second-order valence-electron chi connectivity index (χ2n) is 1.39. The maximum absolute atomic E-state index is 5.35. The summed E-state index contributed by atoms with van der Waals surface area (Å²) in [6.07, 6.45) is 3.12. The molecule has 0 aliphatic rings. The molecule has 0 spiro atoms. The van der Waals surface area contributed by atoms with Gasteiger partial charge >= 0.3 is 0 Å². The Balaban J connectivity index is 4.00. The molecule has 3 heteroatoms. The molecule has 2 nitrogen and oxygen atoms in total. The lowest BCUT2D eigenvalue weighted by atomic mass is 10.4. The Morgan fingerprint density at radius 2 is 2.12 bits per heavy atom. The van der Waals surface area contributed by atoms with Crippen LogP contribution in [-0.4, -0.2) is 0 Å². The summed E-state index contributed by atoms with van der Waals surface area (Å²) >= 11 is 3.19. The van der Waals surface area contributed by atoms with Crippen LogP contribution >= 0.6 is 15.9 Å². The molecule has 0 aromatic heterocycles. The van der Waals surface area contributed by atoms with Crippen molar-refractivity contribution in [3.05, 3.63) is 22.5 Å². The molecule has 0 aromatic carbocycles. The zero-order valence-electron chi connectivity index (χ0n) is 4.69. The fourth-order valence-electron chi connectivity index (χ4n) is 0.216. The average Bonchev–Trinajstić information content (AvgIpc) is 1.67. The molecule has 0 saturated heterocycles. The maximum atomic E-state index is 5.35. The van der Waals surface area contributed by atoms with E-state index in [1.165, 1.54) is 6.20 Å². The number of hydrogen-bond acceptors (Lipinski definition) is 2. The summed E-state index contributed by atoms with van der Waals surface area (Å²) in [4.78, 5) is 0. The van der Waals surface area contributed by atoms with Gasteiger partial charge in [-0.2, -0.15) is 0 Å². The van der Waals surface area contributed by atoms with Crippen LogP contribution in [0.15, 0.2) is 22.5 Å². The van der Waals surface area contributed by atoms with Crippen LogP contribution in [0.25, 0.3) is 0 Å². The van der Waals surface area contributed by atoms with Gasteiger partial charge in [0.05, 0.1) is 0 Å². The van der Waals surface area contributed by atoms with E-state index in [4.69, 9.17) is 11.5 Å². The van der Waals surface area contributed by atoms with Crippen LogP contribution in [0.5, 0.6) is 0 Å². The highest BCUT2D eigenvalue weighted by Gasteiger charge is 1.84. The van der Waals surface area contributed by atoms with Crippen molar-refractivity contribution in [3.8, 4) is 0 Å². The van der Waals surface area contributed by atoms with Crippen LogP contribution in [0.3, 0.4) is 0 Å². The smallest absolute Gasteiger partial charge is 0.0373 e. The quantitative estimate of drug-likeness (QED) is 0.588. The highest BCUT2D eigenvalue weighted by Crippen LogP contribution is 2.07. The third kappa shape index (κ3) is 2.69. The minimum atomic E-state index is 0.728. The third-order valence-corrected chi connectivity index (χ3v) is 1.51. The van der Waals surface area contributed by atoms with Crippen molar-refractivity contribution in [2.24, 2.45) is 11.5 Å². The molecule has 46 valence electrons. The van der Waals surface area contributed by atoms with E-state index in [0.29, 0.717) is 0 Å². The molecule has 8 heavy (non-hydrogen) atoms. The van der Waals surface area contributed by atoms with Crippen molar-refractivity contribution in [3.63, 3.8) is 0 Å². The molecule has 0 amide bonds. The first kappa shape index (κ1) is 7.56. The van der Waals surface area contributed by atoms with Crippen LogP contribution < -0.4 is 11.5 Å².